The molecule has 11 heteroatoms. The summed E-state index contributed by atoms with van der Waals surface area (Å²) in [5.41, 5.74) is 0.270. The molecule has 0 radical (unpaired) electrons. The van der Waals surface area contributed by atoms with Crippen molar-refractivity contribution in [3.8, 4) is 11.7 Å². The standard InChI is InChI=1S/C13H11F2N7O2/c1-7-18-10(21-22(7)13-16-6-17-20-13)11(23)19-8-3-2-4-9(5-8)24-12(14)15/h2-6,12H,1H3,(H,19,23)(H,16,17,20). The number of amides is 1. The minimum Gasteiger partial charge on any atom is -0.435 e. The highest BCUT2D eigenvalue weighted by molar-refractivity contribution is 6.01. The molecular formula is C13H11F2N7O2. The predicted molar refractivity (Wildman–Crippen MR) is 77.1 cm³/mol. The van der Waals surface area contributed by atoms with E-state index in [1.165, 1.54) is 35.3 Å². The monoisotopic (exact) mass is 335 g/mol. The summed E-state index contributed by atoms with van der Waals surface area (Å²) in [5, 5.41) is 12.8. The average molecular weight is 335 g/mol. The Morgan fingerprint density at radius 1 is 1.42 bits per heavy atom. The van der Waals surface area contributed by atoms with Crippen LogP contribution in [0, 0.1) is 6.92 Å². The lowest BCUT2D eigenvalue weighted by Gasteiger charge is -2.07. The minimum atomic E-state index is -2.95. The third-order valence-corrected chi connectivity index (χ3v) is 2.89. The van der Waals surface area contributed by atoms with E-state index in [1.54, 1.807) is 6.92 Å². The van der Waals surface area contributed by atoms with Gasteiger partial charge in [-0.25, -0.2) is 10.1 Å². The molecule has 2 aromatic heterocycles. The first-order valence-electron chi connectivity index (χ1n) is 6.68. The number of benzene rings is 1. The number of alkyl halides is 2. The van der Waals surface area contributed by atoms with E-state index in [-0.39, 0.29) is 17.3 Å². The number of hydrogen-bond acceptors (Lipinski definition) is 6. The quantitative estimate of drug-likeness (QED) is 0.732. The molecule has 0 spiro atoms. The fourth-order valence-corrected chi connectivity index (χ4v) is 1.92. The van der Waals surface area contributed by atoms with E-state index in [4.69, 9.17) is 0 Å². The summed E-state index contributed by atoms with van der Waals surface area (Å²) in [6, 6.07) is 5.61. The molecular weight excluding hydrogens is 324 g/mol. The van der Waals surface area contributed by atoms with Crippen LogP contribution in [0.2, 0.25) is 0 Å². The first kappa shape index (κ1) is 15.5. The van der Waals surface area contributed by atoms with Gasteiger partial charge in [0.05, 0.1) is 0 Å². The Morgan fingerprint density at radius 2 is 2.25 bits per heavy atom. The number of halogens is 2. The SMILES string of the molecule is Cc1nc(C(=O)Nc2cccc(OC(F)F)c2)nn1-c1ncn[nH]1. The van der Waals surface area contributed by atoms with Crippen LogP contribution in [-0.2, 0) is 0 Å². The van der Waals surface area contributed by atoms with Crippen molar-refractivity contribution < 1.29 is 18.3 Å². The number of H-pyrrole nitrogens is 1. The number of ether oxygens (including phenoxy) is 1. The van der Waals surface area contributed by atoms with Crippen LogP contribution in [0.3, 0.4) is 0 Å². The van der Waals surface area contributed by atoms with Gasteiger partial charge in [-0.05, 0) is 19.1 Å². The molecule has 3 aromatic rings. The fourth-order valence-electron chi connectivity index (χ4n) is 1.92. The van der Waals surface area contributed by atoms with Gasteiger partial charge in [-0.1, -0.05) is 6.07 Å². The lowest BCUT2D eigenvalue weighted by molar-refractivity contribution is -0.0497. The van der Waals surface area contributed by atoms with Crippen molar-refractivity contribution in [2.45, 2.75) is 13.5 Å². The van der Waals surface area contributed by atoms with Crippen molar-refractivity contribution in [3.05, 3.63) is 42.2 Å². The topological polar surface area (TPSA) is 111 Å². The van der Waals surface area contributed by atoms with Crippen LogP contribution < -0.4 is 10.1 Å². The molecule has 0 atom stereocenters. The number of hydrogen-bond donors (Lipinski definition) is 2. The van der Waals surface area contributed by atoms with Crippen LogP contribution >= 0.6 is 0 Å². The van der Waals surface area contributed by atoms with Gasteiger partial charge in [0.15, 0.2) is 0 Å². The molecule has 0 unspecified atom stereocenters. The Bertz CT molecular complexity index is 848. The molecule has 1 amide bonds. The Kier molecular flexibility index (Phi) is 4.14. The molecule has 2 N–H and O–H groups in total. The Hall–Kier alpha value is -3.37. The predicted octanol–water partition coefficient (Wildman–Crippen LogP) is 1.55. The lowest BCUT2D eigenvalue weighted by atomic mass is 10.3. The molecule has 2 heterocycles. The van der Waals surface area contributed by atoms with E-state index in [1.807, 2.05) is 0 Å². The van der Waals surface area contributed by atoms with Gasteiger partial charge in [0.1, 0.15) is 17.9 Å². The molecule has 0 saturated carbocycles. The molecule has 0 bridgehead atoms. The van der Waals surface area contributed by atoms with Gasteiger partial charge in [-0.3, -0.25) is 4.79 Å². The van der Waals surface area contributed by atoms with E-state index in [0.717, 1.165) is 0 Å². The summed E-state index contributed by atoms with van der Waals surface area (Å²) in [7, 11) is 0. The maximum absolute atomic E-state index is 12.2. The zero-order chi connectivity index (χ0) is 17.1. The van der Waals surface area contributed by atoms with Gasteiger partial charge in [-0.15, -0.1) is 5.10 Å². The second-order valence-corrected chi connectivity index (χ2v) is 4.56. The molecule has 0 aliphatic heterocycles. The number of nitrogens with one attached hydrogen (secondary N) is 2. The van der Waals surface area contributed by atoms with Gasteiger partial charge >= 0.3 is 6.61 Å². The van der Waals surface area contributed by atoms with Crippen molar-refractivity contribution >= 4 is 11.6 Å². The average Bonchev–Trinajstić information content (AvgIpc) is 3.16. The molecule has 9 nitrogen and oxygen atoms in total. The molecule has 1 aromatic carbocycles. The highest BCUT2D eigenvalue weighted by Crippen LogP contribution is 2.19. The van der Waals surface area contributed by atoms with Crippen LogP contribution in [0.1, 0.15) is 16.4 Å². The van der Waals surface area contributed by atoms with Crippen molar-refractivity contribution in [3.63, 3.8) is 0 Å². The lowest BCUT2D eigenvalue weighted by Crippen LogP contribution is -2.14. The summed E-state index contributed by atoms with van der Waals surface area (Å²) in [6.45, 7) is -1.30. The van der Waals surface area contributed by atoms with Gasteiger partial charge in [-0.2, -0.15) is 23.5 Å². The normalized spacial score (nSPS) is 10.8. The summed E-state index contributed by atoms with van der Waals surface area (Å²) in [6.07, 6.45) is 1.30. The van der Waals surface area contributed by atoms with Crippen molar-refractivity contribution in [2.24, 2.45) is 0 Å². The summed E-state index contributed by atoms with van der Waals surface area (Å²) >= 11 is 0. The number of aromatic nitrogens is 6. The van der Waals surface area contributed by atoms with Crippen molar-refractivity contribution in [1.29, 1.82) is 0 Å². The molecule has 0 saturated heterocycles. The number of aromatic amines is 1. The fraction of sp³-hybridized carbons (Fsp3) is 0.154. The molecule has 24 heavy (non-hydrogen) atoms. The van der Waals surface area contributed by atoms with E-state index >= 15 is 0 Å². The number of aryl methyl sites for hydroxylation is 1. The number of anilines is 1. The maximum atomic E-state index is 12.2. The number of carbonyl (C=O) groups excluding carboxylic acids is 1. The van der Waals surface area contributed by atoms with E-state index < -0.39 is 12.5 Å². The number of nitrogens with zero attached hydrogens (tertiary/aromatic N) is 5. The number of rotatable bonds is 5. The Labute approximate surface area is 133 Å². The van der Waals surface area contributed by atoms with E-state index in [0.29, 0.717) is 11.8 Å². The summed E-state index contributed by atoms with van der Waals surface area (Å²) in [4.78, 5) is 20.2. The van der Waals surface area contributed by atoms with Gasteiger partial charge < -0.3 is 10.1 Å². The van der Waals surface area contributed by atoms with Crippen LogP contribution in [0.25, 0.3) is 5.95 Å². The van der Waals surface area contributed by atoms with E-state index in [9.17, 15) is 13.6 Å². The Morgan fingerprint density at radius 3 is 2.96 bits per heavy atom. The smallest absolute Gasteiger partial charge is 0.387 e. The van der Waals surface area contributed by atoms with Gasteiger partial charge in [0, 0.05) is 11.8 Å². The van der Waals surface area contributed by atoms with Crippen LogP contribution in [0.15, 0.2) is 30.6 Å². The number of carbonyl (C=O) groups is 1. The third kappa shape index (κ3) is 3.34. The minimum absolute atomic E-state index is 0.0703. The highest BCUT2D eigenvalue weighted by atomic mass is 19.3. The van der Waals surface area contributed by atoms with Crippen molar-refractivity contribution in [1.82, 2.24) is 29.9 Å². The highest BCUT2D eigenvalue weighted by Gasteiger charge is 2.17. The molecule has 0 aliphatic carbocycles. The van der Waals surface area contributed by atoms with E-state index in [2.05, 4.69) is 35.3 Å². The molecule has 0 aliphatic rings. The summed E-state index contributed by atoms with van der Waals surface area (Å²) in [5.74, 6) is -0.0492. The molecule has 3 rings (SSSR count). The zero-order valence-electron chi connectivity index (χ0n) is 12.3. The van der Waals surface area contributed by atoms with Gasteiger partial charge in [0.2, 0.25) is 11.8 Å². The first-order chi connectivity index (χ1) is 11.5. The van der Waals surface area contributed by atoms with Crippen LogP contribution in [0.4, 0.5) is 14.5 Å². The van der Waals surface area contributed by atoms with Crippen LogP contribution in [0.5, 0.6) is 5.75 Å². The second-order valence-electron chi connectivity index (χ2n) is 4.56. The second kappa shape index (κ2) is 6.40. The largest absolute Gasteiger partial charge is 0.435 e. The zero-order valence-corrected chi connectivity index (χ0v) is 12.3. The van der Waals surface area contributed by atoms with Crippen molar-refractivity contribution in [2.75, 3.05) is 5.32 Å². The van der Waals surface area contributed by atoms with Crippen LogP contribution in [-0.4, -0.2) is 42.5 Å². The molecule has 0 fully saturated rings. The van der Waals surface area contributed by atoms with Gasteiger partial charge in [0.25, 0.3) is 5.91 Å². The first-order valence-corrected chi connectivity index (χ1v) is 6.68. The Balaban J connectivity index is 1.77. The maximum Gasteiger partial charge on any atom is 0.387 e. The third-order valence-electron chi connectivity index (χ3n) is 2.89. The molecule has 124 valence electrons. The summed E-state index contributed by atoms with van der Waals surface area (Å²) < 4.78 is 30.0.